The van der Waals surface area contributed by atoms with Gasteiger partial charge in [0.25, 0.3) is 0 Å². The molecule has 3 rings (SSSR count). The van der Waals surface area contributed by atoms with E-state index in [2.05, 4.69) is 12.1 Å². The second-order valence-corrected chi connectivity index (χ2v) is 10.3. The Morgan fingerprint density at radius 1 is 0.429 bits per heavy atom. The molecule has 230 valence electrons. The summed E-state index contributed by atoms with van der Waals surface area (Å²) in [5.41, 5.74) is 7.38. The fourth-order valence-electron chi connectivity index (χ4n) is 5.27. The van der Waals surface area contributed by atoms with Crippen LogP contribution in [0.25, 0.3) is 0 Å². The third-order valence-electron chi connectivity index (χ3n) is 7.48. The number of aromatic hydroxyl groups is 3. The molecule has 0 unspecified atom stereocenters. The summed E-state index contributed by atoms with van der Waals surface area (Å²) in [6.45, 7) is 14.9. The molecule has 0 aliphatic carbocycles. The third-order valence-corrected chi connectivity index (χ3v) is 7.48. The summed E-state index contributed by atoms with van der Waals surface area (Å²) in [7, 11) is 0. The van der Waals surface area contributed by atoms with Gasteiger partial charge in [0.2, 0.25) is 0 Å². The Morgan fingerprint density at radius 2 is 0.667 bits per heavy atom. The maximum Gasteiger partial charge on any atom is 0.126 e. The van der Waals surface area contributed by atoms with Crippen molar-refractivity contribution in [3.8, 4) is 17.2 Å². The zero-order valence-corrected chi connectivity index (χ0v) is 26.1. The van der Waals surface area contributed by atoms with E-state index in [4.69, 9.17) is 18.9 Å². The first-order chi connectivity index (χ1) is 20.3. The molecule has 0 fully saturated rings. The van der Waals surface area contributed by atoms with Crippen molar-refractivity contribution in [3.63, 3.8) is 0 Å². The fraction of sp³-hybridized carbons (Fsp3) is 0.486. The van der Waals surface area contributed by atoms with Gasteiger partial charge in [-0.05, 0) is 92.6 Å². The number of ether oxygens (including phenoxy) is 4. The monoisotopic (exact) mass is 580 g/mol. The van der Waals surface area contributed by atoms with E-state index in [0.29, 0.717) is 67.3 Å². The molecule has 0 aromatic heterocycles. The minimum Gasteiger partial charge on any atom is -0.507 e. The van der Waals surface area contributed by atoms with Crippen molar-refractivity contribution >= 4 is 0 Å². The highest BCUT2D eigenvalue weighted by molar-refractivity contribution is 5.56. The molecule has 0 saturated heterocycles. The molecule has 0 amide bonds. The molecule has 3 N–H and O–H groups in total. The van der Waals surface area contributed by atoms with Gasteiger partial charge in [0.15, 0.2) is 0 Å². The number of hydrogen-bond acceptors (Lipinski definition) is 7. The van der Waals surface area contributed by atoms with Crippen LogP contribution in [0.1, 0.15) is 97.5 Å². The van der Waals surface area contributed by atoms with Crippen molar-refractivity contribution in [3.05, 3.63) is 86.5 Å². The van der Waals surface area contributed by atoms with Crippen molar-refractivity contribution in [2.75, 3.05) is 26.4 Å². The molecule has 42 heavy (non-hydrogen) atoms. The topological polar surface area (TPSA) is 97.6 Å². The van der Waals surface area contributed by atoms with Gasteiger partial charge in [0.05, 0.1) is 26.4 Å². The Hall–Kier alpha value is -3.10. The lowest BCUT2D eigenvalue weighted by molar-refractivity contribution is 0.126. The van der Waals surface area contributed by atoms with Gasteiger partial charge < -0.3 is 34.3 Å². The van der Waals surface area contributed by atoms with E-state index in [1.165, 1.54) is 0 Å². The van der Waals surface area contributed by atoms with Crippen LogP contribution in [-0.4, -0.2) is 41.7 Å². The Balaban J connectivity index is 2.38. The number of hydrogen-bond donors (Lipinski definition) is 3. The summed E-state index contributed by atoms with van der Waals surface area (Å²) in [6, 6.07) is 12.1. The predicted molar refractivity (Wildman–Crippen MR) is 165 cm³/mol. The van der Waals surface area contributed by atoms with Crippen LogP contribution >= 0.6 is 0 Å². The quantitative estimate of drug-likeness (QED) is 0.145. The second kappa shape index (κ2) is 16.5. The zero-order chi connectivity index (χ0) is 30.6. The van der Waals surface area contributed by atoms with E-state index in [1.807, 2.05) is 65.8 Å². The molecule has 0 aliphatic heterocycles. The maximum atomic E-state index is 11.1. The van der Waals surface area contributed by atoms with Gasteiger partial charge in [-0.15, -0.1) is 0 Å². The first-order valence-electron chi connectivity index (χ1n) is 15.2. The first kappa shape index (κ1) is 33.4. The largest absolute Gasteiger partial charge is 0.507 e. The summed E-state index contributed by atoms with van der Waals surface area (Å²) < 4.78 is 22.9. The van der Waals surface area contributed by atoms with Crippen molar-refractivity contribution in [1.29, 1.82) is 0 Å². The zero-order valence-electron chi connectivity index (χ0n) is 26.1. The second-order valence-electron chi connectivity index (χ2n) is 10.3. The van der Waals surface area contributed by atoms with Crippen molar-refractivity contribution in [2.24, 2.45) is 0 Å². The normalized spacial score (nSPS) is 11.5. The van der Waals surface area contributed by atoms with Crippen LogP contribution in [0.3, 0.4) is 0 Å². The van der Waals surface area contributed by atoms with E-state index in [-0.39, 0.29) is 43.8 Å². The smallest absolute Gasteiger partial charge is 0.126 e. The average molecular weight is 581 g/mol. The highest BCUT2D eigenvalue weighted by Crippen LogP contribution is 2.41. The molecule has 3 aromatic rings. The SMILES string of the molecule is CCOCc1cc(C(c2cc(CC)c(O)c(CC)c2)c2cc(COCC)c(O)c(COCC)c2)cc(COCC)c1O. The van der Waals surface area contributed by atoms with Crippen LogP contribution in [0.2, 0.25) is 0 Å². The van der Waals surface area contributed by atoms with Crippen LogP contribution in [-0.2, 0) is 58.2 Å². The highest BCUT2D eigenvalue weighted by Gasteiger charge is 2.25. The number of aryl methyl sites for hydroxylation is 2. The van der Waals surface area contributed by atoms with Crippen molar-refractivity contribution in [1.82, 2.24) is 0 Å². The molecule has 7 nitrogen and oxygen atoms in total. The molecule has 0 heterocycles. The van der Waals surface area contributed by atoms with Crippen molar-refractivity contribution in [2.45, 2.75) is 86.7 Å². The molecule has 0 saturated carbocycles. The average Bonchev–Trinajstić information content (AvgIpc) is 3.00. The van der Waals surface area contributed by atoms with E-state index in [0.717, 1.165) is 27.8 Å². The summed E-state index contributed by atoms with van der Waals surface area (Å²) >= 11 is 0. The van der Waals surface area contributed by atoms with Crippen molar-refractivity contribution < 1.29 is 34.3 Å². The number of phenols is 3. The van der Waals surface area contributed by atoms with Crippen LogP contribution < -0.4 is 0 Å². The summed E-state index contributed by atoms with van der Waals surface area (Å²) in [6.07, 6.45) is 1.36. The van der Waals surface area contributed by atoms with Gasteiger partial charge in [-0.25, -0.2) is 0 Å². The minimum absolute atomic E-state index is 0.174. The van der Waals surface area contributed by atoms with Crippen LogP contribution in [0.15, 0.2) is 36.4 Å². The fourth-order valence-corrected chi connectivity index (χ4v) is 5.27. The highest BCUT2D eigenvalue weighted by atomic mass is 16.5. The van der Waals surface area contributed by atoms with E-state index < -0.39 is 0 Å². The van der Waals surface area contributed by atoms with Crippen LogP contribution in [0.5, 0.6) is 17.2 Å². The van der Waals surface area contributed by atoms with Gasteiger partial charge in [-0.3, -0.25) is 0 Å². The van der Waals surface area contributed by atoms with E-state index in [1.54, 1.807) is 0 Å². The van der Waals surface area contributed by atoms with Gasteiger partial charge in [0.1, 0.15) is 17.2 Å². The Kier molecular flexibility index (Phi) is 13.1. The molecule has 0 bridgehead atoms. The summed E-state index contributed by atoms with van der Waals surface area (Å²) in [5.74, 6) is 0.396. The third kappa shape index (κ3) is 8.04. The number of rotatable bonds is 17. The Labute approximate surface area is 251 Å². The van der Waals surface area contributed by atoms with Gasteiger partial charge >= 0.3 is 0 Å². The molecule has 0 atom stereocenters. The van der Waals surface area contributed by atoms with E-state index in [9.17, 15) is 15.3 Å². The molecule has 7 heteroatoms. The van der Waals surface area contributed by atoms with E-state index >= 15 is 0 Å². The lowest BCUT2D eigenvalue weighted by Gasteiger charge is -2.25. The summed E-state index contributed by atoms with van der Waals surface area (Å²) in [4.78, 5) is 0. The Bertz CT molecular complexity index is 1150. The molecule has 0 spiro atoms. The van der Waals surface area contributed by atoms with Crippen LogP contribution in [0.4, 0.5) is 0 Å². The maximum absolute atomic E-state index is 11.1. The Morgan fingerprint density at radius 3 is 0.905 bits per heavy atom. The standard InChI is InChI=1S/C35H48O7/c1-7-23-13-25(14-24(8-2)33(23)36)32(26-15-28(19-39-9-3)34(37)29(16-26)20-40-10-4)27-17-30(21-41-11-5)35(38)31(18-27)22-42-12-6/h13-18,32,36-38H,7-12,19-22H2,1-6H3. The number of benzene rings is 3. The van der Waals surface area contributed by atoms with Gasteiger partial charge in [-0.2, -0.15) is 0 Å². The lowest BCUT2D eigenvalue weighted by Crippen LogP contribution is -2.10. The summed E-state index contributed by atoms with van der Waals surface area (Å²) in [5, 5.41) is 33.2. The number of phenolic OH excluding ortho intramolecular Hbond substituents is 3. The van der Waals surface area contributed by atoms with Crippen LogP contribution in [0, 0.1) is 0 Å². The molecule has 0 radical (unpaired) electrons. The minimum atomic E-state index is -0.288. The predicted octanol–water partition coefficient (Wildman–Crippen LogP) is 7.25. The molecular weight excluding hydrogens is 532 g/mol. The molecule has 0 aliphatic rings. The van der Waals surface area contributed by atoms with Gasteiger partial charge in [0, 0.05) is 54.6 Å². The lowest BCUT2D eigenvalue weighted by atomic mass is 9.80. The molecular formula is C35H48O7. The first-order valence-corrected chi connectivity index (χ1v) is 15.2. The van der Waals surface area contributed by atoms with Gasteiger partial charge in [-0.1, -0.05) is 26.0 Å². The molecule has 3 aromatic carbocycles.